The Hall–Kier alpha value is -3.60. The fourth-order valence-corrected chi connectivity index (χ4v) is 5.58. The first-order valence-electron chi connectivity index (χ1n) is 13.3. The van der Waals surface area contributed by atoms with E-state index < -0.39 is 0 Å². The second-order valence-corrected chi connectivity index (χ2v) is 10.9. The molecule has 2 saturated heterocycles. The van der Waals surface area contributed by atoms with E-state index in [0.717, 1.165) is 46.1 Å². The minimum atomic E-state index is -0.356. The molecule has 39 heavy (non-hydrogen) atoms. The molecule has 2 atom stereocenters. The smallest absolute Gasteiger partial charge is 0.414 e. The number of anilines is 2. The van der Waals surface area contributed by atoms with Crippen LogP contribution in [0.5, 0.6) is 5.88 Å². The molecule has 0 bridgehead atoms. The van der Waals surface area contributed by atoms with Crippen LogP contribution in [0.4, 0.5) is 16.2 Å². The molecular weight excluding hydrogens is 514 g/mol. The van der Waals surface area contributed by atoms with Gasteiger partial charge in [-0.3, -0.25) is 9.69 Å². The number of aromatic nitrogens is 1. The van der Waals surface area contributed by atoms with Crippen molar-refractivity contribution in [2.24, 2.45) is 0 Å². The van der Waals surface area contributed by atoms with Gasteiger partial charge in [-0.15, -0.1) is 11.8 Å². The number of fused-ring (bicyclic) bond motifs is 1. The average Bonchev–Trinajstić information content (AvgIpc) is 3.30. The number of hydrogen-bond acceptors (Lipinski definition) is 8. The summed E-state index contributed by atoms with van der Waals surface area (Å²) in [4.78, 5) is 31.6. The maximum Gasteiger partial charge on any atom is 0.414 e. The molecule has 1 aromatic heterocycles. The maximum atomic E-state index is 12.5. The van der Waals surface area contributed by atoms with Crippen LogP contribution in [0.2, 0.25) is 0 Å². The van der Waals surface area contributed by atoms with Gasteiger partial charge >= 0.3 is 6.09 Å². The van der Waals surface area contributed by atoms with Crippen LogP contribution >= 0.6 is 11.8 Å². The van der Waals surface area contributed by atoms with E-state index in [0.29, 0.717) is 50.3 Å². The standard InChI is InChI=1S/C29H31N5O4S/c35-27-18-39-26-8-7-22(14-25(26)32-27)34-16-23(38-29(34)36)10-11-30-15-19-3-1-4-20(13-19)24-5-2-6-28(33-24)37-17-21-9-12-31-21/h1-8,13-14,21,23,30-31H,9-12,15-18H2,(H,32,35). The number of thioether (sulfide) groups is 1. The molecule has 4 heterocycles. The molecule has 3 aromatic rings. The van der Waals surface area contributed by atoms with Gasteiger partial charge in [-0.2, -0.15) is 0 Å². The quantitative estimate of drug-likeness (QED) is 0.328. The van der Waals surface area contributed by atoms with Crippen LogP contribution in [0.3, 0.4) is 0 Å². The van der Waals surface area contributed by atoms with Gasteiger partial charge in [0, 0.05) is 34.8 Å². The first-order valence-corrected chi connectivity index (χ1v) is 14.3. The summed E-state index contributed by atoms with van der Waals surface area (Å²) in [5.41, 5.74) is 4.56. The molecule has 0 aliphatic carbocycles. The van der Waals surface area contributed by atoms with E-state index in [1.54, 1.807) is 4.90 Å². The van der Waals surface area contributed by atoms with Crippen molar-refractivity contribution < 1.29 is 19.1 Å². The highest BCUT2D eigenvalue weighted by Crippen LogP contribution is 2.35. The van der Waals surface area contributed by atoms with E-state index in [1.807, 2.05) is 42.5 Å². The molecule has 9 nitrogen and oxygen atoms in total. The third kappa shape index (κ3) is 6.19. The van der Waals surface area contributed by atoms with Crippen molar-refractivity contribution in [3.8, 4) is 17.1 Å². The van der Waals surface area contributed by atoms with Gasteiger partial charge in [0.1, 0.15) is 12.7 Å². The summed E-state index contributed by atoms with van der Waals surface area (Å²) < 4.78 is 11.5. The number of nitrogens with one attached hydrogen (secondary N) is 3. The fraction of sp³-hybridized carbons (Fsp3) is 0.345. The second-order valence-electron chi connectivity index (χ2n) is 9.91. The predicted molar refractivity (Wildman–Crippen MR) is 151 cm³/mol. The fourth-order valence-electron chi connectivity index (χ4n) is 4.79. The molecule has 202 valence electrons. The normalized spacial score (nSPS) is 20.2. The van der Waals surface area contributed by atoms with E-state index in [4.69, 9.17) is 9.47 Å². The lowest BCUT2D eigenvalue weighted by Gasteiger charge is -2.27. The molecule has 2 aromatic carbocycles. The number of amides is 2. The van der Waals surface area contributed by atoms with Crippen molar-refractivity contribution in [3.63, 3.8) is 0 Å². The van der Waals surface area contributed by atoms with Crippen molar-refractivity contribution in [1.82, 2.24) is 15.6 Å². The van der Waals surface area contributed by atoms with Gasteiger partial charge in [0.05, 0.1) is 23.7 Å². The number of hydrogen-bond donors (Lipinski definition) is 3. The molecule has 0 saturated carbocycles. The van der Waals surface area contributed by atoms with Crippen LogP contribution in [-0.4, -0.2) is 61.1 Å². The molecule has 0 spiro atoms. The van der Waals surface area contributed by atoms with Gasteiger partial charge in [-0.05, 0) is 61.8 Å². The van der Waals surface area contributed by atoms with Gasteiger partial charge < -0.3 is 25.4 Å². The van der Waals surface area contributed by atoms with Crippen LogP contribution < -0.4 is 25.6 Å². The number of carbonyl (C=O) groups excluding carboxylic acids is 2. The highest BCUT2D eigenvalue weighted by atomic mass is 32.2. The number of pyridine rings is 1. The van der Waals surface area contributed by atoms with Gasteiger partial charge in [0.25, 0.3) is 0 Å². The number of carbonyl (C=O) groups is 2. The summed E-state index contributed by atoms with van der Waals surface area (Å²) in [6.07, 6.45) is 1.30. The first-order chi connectivity index (χ1) is 19.1. The van der Waals surface area contributed by atoms with Crippen molar-refractivity contribution in [3.05, 3.63) is 66.2 Å². The van der Waals surface area contributed by atoms with Gasteiger partial charge in [-0.1, -0.05) is 24.3 Å². The van der Waals surface area contributed by atoms with Gasteiger partial charge in [-0.25, -0.2) is 9.78 Å². The summed E-state index contributed by atoms with van der Waals surface area (Å²) in [6.45, 7) is 3.59. The molecule has 6 rings (SSSR count). The third-order valence-electron chi connectivity index (χ3n) is 7.06. The van der Waals surface area contributed by atoms with Crippen molar-refractivity contribution >= 4 is 35.1 Å². The Balaban J connectivity index is 0.989. The monoisotopic (exact) mass is 545 g/mol. The number of benzene rings is 2. The lowest BCUT2D eigenvalue weighted by molar-refractivity contribution is -0.113. The molecule has 3 aliphatic heterocycles. The summed E-state index contributed by atoms with van der Waals surface area (Å²) >= 11 is 1.50. The Labute approximate surface area is 231 Å². The SMILES string of the molecule is O=C1CSc2ccc(N3CC(CCNCc4cccc(-c5cccc(OCC6CCN6)n5)c4)OC3=O)cc2N1. The van der Waals surface area contributed by atoms with Crippen molar-refractivity contribution in [2.75, 3.05) is 42.2 Å². The van der Waals surface area contributed by atoms with E-state index in [9.17, 15) is 9.59 Å². The van der Waals surface area contributed by atoms with Crippen LogP contribution in [0.15, 0.2) is 65.6 Å². The zero-order chi connectivity index (χ0) is 26.6. The zero-order valence-electron chi connectivity index (χ0n) is 21.5. The van der Waals surface area contributed by atoms with Crippen molar-refractivity contribution in [1.29, 1.82) is 0 Å². The van der Waals surface area contributed by atoms with Gasteiger partial charge in [0.2, 0.25) is 11.8 Å². The minimum absolute atomic E-state index is 0.0288. The molecule has 2 unspecified atom stereocenters. The number of nitrogens with zero attached hydrogens (tertiary/aromatic N) is 2. The van der Waals surface area contributed by atoms with Crippen LogP contribution in [0.25, 0.3) is 11.3 Å². The van der Waals surface area contributed by atoms with E-state index in [1.165, 1.54) is 11.8 Å². The Morgan fingerprint density at radius 3 is 2.90 bits per heavy atom. The Bertz CT molecular complexity index is 1370. The number of rotatable bonds is 10. The molecular formula is C29H31N5O4S. The molecule has 0 radical (unpaired) electrons. The Morgan fingerprint density at radius 1 is 1.13 bits per heavy atom. The molecule has 3 aliphatic rings. The Kier molecular flexibility index (Phi) is 7.67. The minimum Gasteiger partial charge on any atom is -0.476 e. The summed E-state index contributed by atoms with van der Waals surface area (Å²) in [6, 6.07) is 20.3. The largest absolute Gasteiger partial charge is 0.476 e. The summed E-state index contributed by atoms with van der Waals surface area (Å²) in [7, 11) is 0. The number of ether oxygens (including phenoxy) is 2. The predicted octanol–water partition coefficient (Wildman–Crippen LogP) is 4.04. The topological polar surface area (TPSA) is 105 Å². The summed E-state index contributed by atoms with van der Waals surface area (Å²) in [5, 5.41) is 9.68. The highest BCUT2D eigenvalue weighted by molar-refractivity contribution is 8.00. The Morgan fingerprint density at radius 2 is 2.03 bits per heavy atom. The van der Waals surface area contributed by atoms with Crippen LogP contribution in [-0.2, 0) is 16.1 Å². The molecule has 10 heteroatoms. The van der Waals surface area contributed by atoms with Crippen molar-refractivity contribution in [2.45, 2.75) is 36.4 Å². The molecule has 2 amide bonds. The molecule has 2 fully saturated rings. The van der Waals surface area contributed by atoms with Crippen LogP contribution in [0.1, 0.15) is 18.4 Å². The highest BCUT2D eigenvalue weighted by Gasteiger charge is 2.32. The third-order valence-corrected chi connectivity index (χ3v) is 8.13. The molecule has 3 N–H and O–H groups in total. The lowest BCUT2D eigenvalue weighted by atomic mass is 10.1. The average molecular weight is 546 g/mol. The van der Waals surface area contributed by atoms with E-state index >= 15 is 0 Å². The summed E-state index contributed by atoms with van der Waals surface area (Å²) in [5.74, 6) is 1.03. The zero-order valence-corrected chi connectivity index (χ0v) is 22.3. The van der Waals surface area contributed by atoms with E-state index in [2.05, 4.69) is 39.1 Å². The first kappa shape index (κ1) is 25.7. The lowest BCUT2D eigenvalue weighted by Crippen LogP contribution is -2.46. The van der Waals surface area contributed by atoms with Crippen LogP contribution in [0, 0.1) is 0 Å². The second kappa shape index (κ2) is 11.6. The van der Waals surface area contributed by atoms with Gasteiger partial charge in [0.15, 0.2) is 0 Å². The number of cyclic esters (lactones) is 1. The van der Waals surface area contributed by atoms with E-state index in [-0.39, 0.29) is 18.1 Å². The maximum absolute atomic E-state index is 12.5.